The van der Waals surface area contributed by atoms with Crippen LogP contribution >= 0.6 is 0 Å². The van der Waals surface area contributed by atoms with Gasteiger partial charge in [-0.1, -0.05) is 30.3 Å². The molecule has 0 radical (unpaired) electrons. The van der Waals surface area contributed by atoms with Crippen molar-refractivity contribution >= 4 is 29.1 Å². The first-order valence-electron chi connectivity index (χ1n) is 9.50. The molecule has 1 atom stereocenters. The summed E-state index contributed by atoms with van der Waals surface area (Å²) < 4.78 is 5.09. The van der Waals surface area contributed by atoms with Crippen LogP contribution in [0.15, 0.2) is 60.7 Å². The molecule has 2 aromatic rings. The van der Waals surface area contributed by atoms with Crippen molar-refractivity contribution in [3.8, 4) is 5.75 Å². The average Bonchev–Trinajstić information content (AvgIpc) is 2.98. The number of carbonyl (C=O) groups excluding carboxylic acids is 3. The smallest absolute Gasteiger partial charge is 0.343 e. The zero-order valence-electron chi connectivity index (χ0n) is 16.1. The van der Waals surface area contributed by atoms with Gasteiger partial charge in [0.1, 0.15) is 5.75 Å². The summed E-state index contributed by atoms with van der Waals surface area (Å²) in [6.07, 6.45) is 2.99. The van der Waals surface area contributed by atoms with Crippen LogP contribution in [-0.2, 0) is 9.59 Å². The van der Waals surface area contributed by atoms with Crippen molar-refractivity contribution in [2.24, 2.45) is 0 Å². The van der Waals surface area contributed by atoms with Crippen LogP contribution in [0, 0.1) is 0 Å². The fourth-order valence-electron chi connectivity index (χ4n) is 3.67. The Morgan fingerprint density at radius 1 is 0.966 bits per heavy atom. The monoisotopic (exact) mass is 392 g/mol. The number of imide groups is 2. The number of methoxy groups -OCH3 is 1. The third kappa shape index (κ3) is 3.64. The molecule has 7 nitrogen and oxygen atoms in total. The Morgan fingerprint density at radius 2 is 1.69 bits per heavy atom. The second-order valence-corrected chi connectivity index (χ2v) is 7.06. The summed E-state index contributed by atoms with van der Waals surface area (Å²) >= 11 is 0. The van der Waals surface area contributed by atoms with E-state index in [-0.39, 0.29) is 6.67 Å². The molecule has 1 N–H and O–H groups in total. The van der Waals surface area contributed by atoms with Crippen molar-refractivity contribution in [2.75, 3.05) is 31.8 Å². The van der Waals surface area contributed by atoms with Crippen molar-refractivity contribution in [2.45, 2.75) is 6.42 Å². The van der Waals surface area contributed by atoms with E-state index in [4.69, 9.17) is 4.74 Å². The molecule has 0 aromatic heterocycles. The third-order valence-electron chi connectivity index (χ3n) is 5.30. The summed E-state index contributed by atoms with van der Waals surface area (Å²) in [4.78, 5) is 40.7. The maximum atomic E-state index is 12.8. The van der Waals surface area contributed by atoms with Crippen molar-refractivity contribution in [1.82, 2.24) is 4.90 Å². The first-order chi connectivity index (χ1) is 14.1. The molecular weight excluding hydrogens is 370 g/mol. The number of urea groups is 1. The lowest BCUT2D eigenvalue weighted by molar-refractivity contribution is -0.902. The lowest BCUT2D eigenvalue weighted by Gasteiger charge is -2.26. The fraction of sp³-hybridized carbons (Fsp3) is 0.227. The standard InChI is InChI=1S/C22H21N3O4/c1-29-19-9-7-18(8-10-19)25-21(27)20(26)24(22(25)28)15-23-13-11-17(12-14-23)16-5-3-2-4-6-16/h2-11H,12-15H2,1H3/p+1. The molecule has 7 heteroatoms. The summed E-state index contributed by atoms with van der Waals surface area (Å²) in [5.41, 5.74) is 2.82. The average molecular weight is 392 g/mol. The molecule has 1 saturated heterocycles. The van der Waals surface area contributed by atoms with Gasteiger partial charge < -0.3 is 9.64 Å². The van der Waals surface area contributed by atoms with E-state index in [0.29, 0.717) is 18.0 Å². The Balaban J connectivity index is 1.45. The van der Waals surface area contributed by atoms with Gasteiger partial charge in [0.05, 0.1) is 25.9 Å². The summed E-state index contributed by atoms with van der Waals surface area (Å²) in [5, 5.41) is 0. The summed E-state index contributed by atoms with van der Waals surface area (Å²) in [6.45, 7) is 1.65. The normalized spacial score (nSPS) is 19.6. The van der Waals surface area contributed by atoms with Crippen LogP contribution in [0.1, 0.15) is 12.0 Å². The van der Waals surface area contributed by atoms with Crippen LogP contribution in [0.5, 0.6) is 5.75 Å². The Labute approximate surface area is 168 Å². The number of carbonyl (C=O) groups is 3. The Bertz CT molecular complexity index is 969. The number of ether oxygens (including phenoxy) is 1. The molecule has 2 aliphatic heterocycles. The second-order valence-electron chi connectivity index (χ2n) is 7.06. The highest BCUT2D eigenvalue weighted by molar-refractivity contribution is 6.52. The molecule has 1 fully saturated rings. The van der Waals surface area contributed by atoms with E-state index in [2.05, 4.69) is 18.2 Å². The van der Waals surface area contributed by atoms with E-state index < -0.39 is 17.8 Å². The maximum absolute atomic E-state index is 12.8. The molecule has 148 valence electrons. The minimum atomic E-state index is -0.822. The van der Waals surface area contributed by atoms with Gasteiger partial charge in [-0.15, -0.1) is 0 Å². The van der Waals surface area contributed by atoms with Crippen molar-refractivity contribution < 1.29 is 24.0 Å². The first-order valence-corrected chi connectivity index (χ1v) is 9.50. The molecule has 4 rings (SSSR count). The number of hydrogen-bond donors (Lipinski definition) is 1. The van der Waals surface area contributed by atoms with Crippen LogP contribution in [0.25, 0.3) is 5.57 Å². The van der Waals surface area contributed by atoms with Gasteiger partial charge in [0.15, 0.2) is 6.67 Å². The number of rotatable bonds is 5. The van der Waals surface area contributed by atoms with Gasteiger partial charge in [-0.05, 0) is 41.5 Å². The van der Waals surface area contributed by atoms with E-state index in [1.807, 2.05) is 18.2 Å². The molecule has 0 aliphatic carbocycles. The summed E-state index contributed by atoms with van der Waals surface area (Å²) in [5.74, 6) is -0.997. The summed E-state index contributed by atoms with van der Waals surface area (Å²) in [6, 6.07) is 16.0. The number of anilines is 1. The first kappa shape index (κ1) is 18.9. The molecule has 2 heterocycles. The van der Waals surface area contributed by atoms with Crippen molar-refractivity contribution in [1.29, 1.82) is 0 Å². The zero-order valence-corrected chi connectivity index (χ0v) is 16.1. The number of amides is 4. The zero-order chi connectivity index (χ0) is 20.4. The van der Waals surface area contributed by atoms with Gasteiger partial charge in [0, 0.05) is 6.42 Å². The molecule has 0 spiro atoms. The Morgan fingerprint density at radius 3 is 2.31 bits per heavy atom. The van der Waals surface area contributed by atoms with Crippen molar-refractivity contribution in [3.05, 3.63) is 66.2 Å². The van der Waals surface area contributed by atoms with Gasteiger partial charge in [0.2, 0.25) is 0 Å². The highest BCUT2D eigenvalue weighted by Crippen LogP contribution is 2.24. The van der Waals surface area contributed by atoms with E-state index in [9.17, 15) is 14.4 Å². The molecule has 0 saturated carbocycles. The SMILES string of the molecule is COc1ccc(N2C(=O)C(=O)N(C[NH+]3CC=C(c4ccccc4)CC3)C2=O)cc1. The largest absolute Gasteiger partial charge is 0.497 e. The number of benzene rings is 2. The van der Waals surface area contributed by atoms with Crippen LogP contribution < -0.4 is 14.5 Å². The summed E-state index contributed by atoms with van der Waals surface area (Å²) in [7, 11) is 1.53. The van der Waals surface area contributed by atoms with Crippen LogP contribution in [-0.4, -0.2) is 49.6 Å². The molecule has 2 aromatic carbocycles. The van der Waals surface area contributed by atoms with Crippen molar-refractivity contribution in [3.63, 3.8) is 0 Å². The lowest BCUT2D eigenvalue weighted by atomic mass is 10.00. The van der Waals surface area contributed by atoms with Crippen LogP contribution in [0.2, 0.25) is 0 Å². The fourth-order valence-corrected chi connectivity index (χ4v) is 3.67. The van der Waals surface area contributed by atoms with Gasteiger partial charge in [-0.25, -0.2) is 14.6 Å². The lowest BCUT2D eigenvalue weighted by Crippen LogP contribution is -3.14. The second kappa shape index (κ2) is 7.89. The highest BCUT2D eigenvalue weighted by Gasteiger charge is 2.47. The topological polar surface area (TPSA) is 71.4 Å². The number of hydrogen-bond acceptors (Lipinski definition) is 4. The molecular formula is C22H22N3O4+. The highest BCUT2D eigenvalue weighted by atomic mass is 16.5. The quantitative estimate of drug-likeness (QED) is 0.616. The van der Waals surface area contributed by atoms with Gasteiger partial charge >= 0.3 is 17.8 Å². The van der Waals surface area contributed by atoms with E-state index in [1.165, 1.54) is 18.2 Å². The van der Waals surface area contributed by atoms with E-state index in [0.717, 1.165) is 27.7 Å². The predicted octanol–water partition coefficient (Wildman–Crippen LogP) is 1.32. The minimum Gasteiger partial charge on any atom is -0.497 e. The van der Waals surface area contributed by atoms with Gasteiger partial charge in [0.25, 0.3) is 0 Å². The molecule has 29 heavy (non-hydrogen) atoms. The van der Waals surface area contributed by atoms with Gasteiger partial charge in [-0.2, -0.15) is 0 Å². The number of nitrogens with one attached hydrogen (secondary N) is 1. The molecule has 2 aliphatic rings. The number of quaternary nitrogens is 1. The van der Waals surface area contributed by atoms with Crippen LogP contribution in [0.4, 0.5) is 10.5 Å². The predicted molar refractivity (Wildman–Crippen MR) is 107 cm³/mol. The number of nitrogens with zero attached hydrogens (tertiary/aromatic N) is 2. The minimum absolute atomic E-state index is 0.175. The Hall–Kier alpha value is -3.45. The van der Waals surface area contributed by atoms with E-state index >= 15 is 0 Å². The molecule has 4 amide bonds. The van der Waals surface area contributed by atoms with Crippen LogP contribution in [0.3, 0.4) is 0 Å². The van der Waals surface area contributed by atoms with Gasteiger partial charge in [-0.3, -0.25) is 9.59 Å². The maximum Gasteiger partial charge on any atom is 0.343 e. The molecule has 0 bridgehead atoms. The van der Waals surface area contributed by atoms with E-state index in [1.54, 1.807) is 24.3 Å². The Kier molecular flexibility index (Phi) is 5.14. The third-order valence-corrected chi connectivity index (χ3v) is 5.30. The molecule has 1 unspecified atom stereocenters.